The summed E-state index contributed by atoms with van der Waals surface area (Å²) >= 11 is 12.9. The second kappa shape index (κ2) is 14.3. The molecule has 3 aromatic carbocycles. The maximum Gasteiger partial charge on any atom is 0.264 e. The fourth-order valence-electron chi connectivity index (χ4n) is 5.05. The minimum atomic E-state index is -4.30. The lowest BCUT2D eigenvalue weighted by Crippen LogP contribution is -2.52. The molecule has 3 aromatic rings. The molecule has 0 unspecified atom stereocenters. The summed E-state index contributed by atoms with van der Waals surface area (Å²) in [5.41, 5.74) is 0.606. The van der Waals surface area contributed by atoms with Crippen LogP contribution in [0.1, 0.15) is 38.2 Å². The summed E-state index contributed by atoms with van der Waals surface area (Å²) in [4.78, 5) is 28.9. The Labute approximate surface area is 262 Å². The Morgan fingerprint density at radius 3 is 2.16 bits per heavy atom. The lowest BCUT2D eigenvalue weighted by molar-refractivity contribution is -0.139. The van der Waals surface area contributed by atoms with Crippen molar-refractivity contribution in [2.24, 2.45) is 0 Å². The van der Waals surface area contributed by atoms with E-state index in [0.29, 0.717) is 21.4 Å². The van der Waals surface area contributed by atoms with Crippen molar-refractivity contribution < 1.29 is 27.5 Å². The highest BCUT2D eigenvalue weighted by atomic mass is 35.5. The van der Waals surface area contributed by atoms with Gasteiger partial charge in [0.2, 0.25) is 11.8 Å². The largest absolute Gasteiger partial charge is 0.497 e. The molecule has 12 heteroatoms. The first-order valence-corrected chi connectivity index (χ1v) is 16.1. The zero-order chi connectivity index (χ0) is 31.1. The lowest BCUT2D eigenvalue weighted by Gasteiger charge is -2.33. The molecule has 0 aromatic heterocycles. The highest BCUT2D eigenvalue weighted by Crippen LogP contribution is 2.33. The van der Waals surface area contributed by atoms with Crippen LogP contribution in [0.3, 0.4) is 0 Å². The highest BCUT2D eigenvalue weighted by Gasteiger charge is 2.35. The molecular formula is C31H35Cl2N3O6S. The fourth-order valence-corrected chi connectivity index (χ4v) is 6.99. The molecule has 1 N–H and O–H groups in total. The van der Waals surface area contributed by atoms with Crippen molar-refractivity contribution in [2.75, 3.05) is 25.1 Å². The van der Waals surface area contributed by atoms with Crippen molar-refractivity contribution in [3.05, 3.63) is 82.3 Å². The van der Waals surface area contributed by atoms with E-state index in [1.165, 1.54) is 43.4 Å². The van der Waals surface area contributed by atoms with Crippen LogP contribution in [0.5, 0.6) is 11.5 Å². The van der Waals surface area contributed by atoms with E-state index in [-0.39, 0.29) is 34.8 Å². The van der Waals surface area contributed by atoms with E-state index in [4.69, 9.17) is 32.7 Å². The maximum absolute atomic E-state index is 14.2. The molecule has 2 amide bonds. The van der Waals surface area contributed by atoms with Gasteiger partial charge in [0.25, 0.3) is 10.0 Å². The van der Waals surface area contributed by atoms with Crippen LogP contribution in [-0.2, 0) is 26.2 Å². The van der Waals surface area contributed by atoms with E-state index < -0.39 is 28.5 Å². The van der Waals surface area contributed by atoms with Crippen LogP contribution in [0.15, 0.2) is 71.6 Å². The summed E-state index contributed by atoms with van der Waals surface area (Å²) in [6, 6.07) is 16.4. The van der Waals surface area contributed by atoms with Gasteiger partial charge in [-0.05, 0) is 68.3 Å². The average Bonchev–Trinajstić information content (AvgIpc) is 3.52. The number of carbonyl (C=O) groups is 2. The van der Waals surface area contributed by atoms with Gasteiger partial charge in [-0.3, -0.25) is 13.9 Å². The van der Waals surface area contributed by atoms with Crippen molar-refractivity contribution in [3.63, 3.8) is 0 Å². The number of benzene rings is 3. The summed E-state index contributed by atoms with van der Waals surface area (Å²) in [6.45, 7) is 0.870. The van der Waals surface area contributed by atoms with Crippen molar-refractivity contribution in [2.45, 2.75) is 56.1 Å². The molecule has 1 fully saturated rings. The van der Waals surface area contributed by atoms with Gasteiger partial charge >= 0.3 is 0 Å². The van der Waals surface area contributed by atoms with E-state index >= 15 is 0 Å². The van der Waals surface area contributed by atoms with Gasteiger partial charge in [-0.1, -0.05) is 54.2 Å². The molecule has 9 nitrogen and oxygen atoms in total. The van der Waals surface area contributed by atoms with E-state index in [9.17, 15) is 18.0 Å². The average molecular weight is 649 g/mol. The number of rotatable bonds is 12. The van der Waals surface area contributed by atoms with Crippen molar-refractivity contribution in [1.82, 2.24) is 10.2 Å². The number of halogens is 2. The third kappa shape index (κ3) is 7.55. The molecular weight excluding hydrogens is 613 g/mol. The third-order valence-corrected chi connectivity index (χ3v) is 10.0. The lowest BCUT2D eigenvalue weighted by atomic mass is 10.1. The van der Waals surface area contributed by atoms with Gasteiger partial charge in [0.05, 0.1) is 24.8 Å². The Bertz CT molecular complexity index is 1530. The van der Waals surface area contributed by atoms with Gasteiger partial charge in [0, 0.05) is 28.2 Å². The fraction of sp³-hybridized carbons (Fsp3) is 0.355. The van der Waals surface area contributed by atoms with Gasteiger partial charge in [-0.2, -0.15) is 0 Å². The molecule has 0 spiro atoms. The summed E-state index contributed by atoms with van der Waals surface area (Å²) < 4.78 is 39.8. The molecule has 230 valence electrons. The molecule has 0 saturated heterocycles. The predicted octanol–water partition coefficient (Wildman–Crippen LogP) is 5.68. The molecule has 0 aliphatic heterocycles. The normalized spacial score (nSPS) is 14.2. The zero-order valence-electron chi connectivity index (χ0n) is 24.3. The van der Waals surface area contributed by atoms with Gasteiger partial charge in [0.1, 0.15) is 24.1 Å². The number of nitrogens with zero attached hydrogens (tertiary/aromatic N) is 2. The first-order valence-electron chi connectivity index (χ1n) is 13.9. The Hall–Kier alpha value is -3.47. The van der Waals surface area contributed by atoms with E-state index in [1.54, 1.807) is 49.4 Å². The summed E-state index contributed by atoms with van der Waals surface area (Å²) in [6.07, 6.45) is 3.78. The van der Waals surface area contributed by atoms with Gasteiger partial charge in [-0.25, -0.2) is 8.42 Å². The van der Waals surface area contributed by atoms with E-state index in [1.807, 2.05) is 0 Å². The zero-order valence-corrected chi connectivity index (χ0v) is 26.6. The molecule has 43 heavy (non-hydrogen) atoms. The number of sulfonamides is 1. The van der Waals surface area contributed by atoms with E-state index in [0.717, 1.165) is 30.0 Å². The standard InChI is InChI=1S/C31H35Cl2N3O6S/c1-21(31(38)34-22-9-4-5-10-22)35(19-25-26(32)11-8-12-27(25)33)30(37)20-36(28-13-6-7-14-29(28)42-3)43(39,40)24-17-15-23(41-2)16-18-24/h6-8,11-18,21-22H,4-5,9-10,19-20H2,1-3H3,(H,34,38)/t21-/m0/s1. The molecule has 1 atom stereocenters. The topological polar surface area (TPSA) is 105 Å². The highest BCUT2D eigenvalue weighted by molar-refractivity contribution is 7.92. The molecule has 0 heterocycles. The number of carbonyl (C=O) groups excluding carboxylic acids is 2. The van der Waals surface area contributed by atoms with Crippen molar-refractivity contribution in [3.8, 4) is 11.5 Å². The number of hydrogen-bond acceptors (Lipinski definition) is 6. The van der Waals surface area contributed by atoms with Crippen molar-refractivity contribution in [1.29, 1.82) is 0 Å². The SMILES string of the molecule is COc1ccc(S(=O)(=O)N(CC(=O)N(Cc2c(Cl)cccc2Cl)[C@@H](C)C(=O)NC2CCCC2)c2ccccc2OC)cc1. The number of para-hydroxylation sites is 2. The maximum atomic E-state index is 14.2. The molecule has 4 rings (SSSR count). The molecule has 0 bridgehead atoms. The number of ether oxygens (including phenoxy) is 2. The second-order valence-corrected chi connectivity index (χ2v) is 12.9. The minimum absolute atomic E-state index is 0.0244. The van der Waals surface area contributed by atoms with Gasteiger partial charge < -0.3 is 19.7 Å². The smallest absolute Gasteiger partial charge is 0.264 e. The van der Waals surface area contributed by atoms with Crippen LogP contribution in [0.25, 0.3) is 0 Å². The molecule has 1 aliphatic rings. The summed E-state index contributed by atoms with van der Waals surface area (Å²) in [5.74, 6) is -0.248. The monoisotopic (exact) mass is 647 g/mol. The number of methoxy groups -OCH3 is 2. The number of nitrogens with one attached hydrogen (secondary N) is 1. The van der Waals surface area contributed by atoms with Crippen LogP contribution in [0.4, 0.5) is 5.69 Å². The first kappa shape index (κ1) is 32.4. The van der Waals surface area contributed by atoms with E-state index in [2.05, 4.69) is 5.32 Å². The van der Waals surface area contributed by atoms with Crippen LogP contribution in [-0.4, -0.2) is 58.0 Å². The Morgan fingerprint density at radius 1 is 0.930 bits per heavy atom. The quantitative estimate of drug-likeness (QED) is 0.271. The van der Waals surface area contributed by atoms with Crippen LogP contribution >= 0.6 is 23.2 Å². The van der Waals surface area contributed by atoms with Crippen molar-refractivity contribution >= 4 is 50.7 Å². The Balaban J connectivity index is 1.75. The molecule has 1 saturated carbocycles. The predicted molar refractivity (Wildman–Crippen MR) is 167 cm³/mol. The summed E-state index contributed by atoms with van der Waals surface area (Å²) in [7, 11) is -1.40. The van der Waals surface area contributed by atoms with Gasteiger partial charge in [0.15, 0.2) is 0 Å². The number of hydrogen-bond donors (Lipinski definition) is 1. The third-order valence-electron chi connectivity index (χ3n) is 7.54. The number of amides is 2. The van der Waals surface area contributed by atoms with Crippen LogP contribution in [0, 0.1) is 0 Å². The summed E-state index contributed by atoms with van der Waals surface area (Å²) in [5, 5.41) is 3.68. The molecule has 0 radical (unpaired) electrons. The number of anilines is 1. The second-order valence-electron chi connectivity index (χ2n) is 10.2. The van der Waals surface area contributed by atoms with Gasteiger partial charge in [-0.15, -0.1) is 0 Å². The van der Waals surface area contributed by atoms with Crippen LogP contribution < -0.4 is 19.1 Å². The minimum Gasteiger partial charge on any atom is -0.497 e. The van der Waals surface area contributed by atoms with Crippen LogP contribution in [0.2, 0.25) is 10.0 Å². The Kier molecular flexibility index (Phi) is 10.8. The first-order chi connectivity index (χ1) is 20.6. The Morgan fingerprint density at radius 2 is 1.56 bits per heavy atom. The molecule has 1 aliphatic carbocycles.